The molecule has 0 saturated heterocycles. The molecule has 134 valence electrons. The Bertz CT molecular complexity index is 1060. The minimum absolute atomic E-state index is 0.0606. The van der Waals surface area contributed by atoms with Crippen molar-refractivity contribution in [2.45, 2.75) is 6.92 Å². The van der Waals surface area contributed by atoms with Gasteiger partial charge in [-0.3, -0.25) is 14.5 Å². The number of carbonyl (C=O) groups excluding carboxylic acids is 2. The van der Waals surface area contributed by atoms with Crippen molar-refractivity contribution >= 4 is 51.3 Å². The van der Waals surface area contributed by atoms with Crippen molar-refractivity contribution in [2.24, 2.45) is 0 Å². The maximum absolute atomic E-state index is 14.1. The average molecular weight is 397 g/mol. The van der Waals surface area contributed by atoms with Crippen molar-refractivity contribution in [3.05, 3.63) is 69.1 Å². The van der Waals surface area contributed by atoms with Crippen molar-refractivity contribution in [1.29, 1.82) is 5.26 Å². The van der Waals surface area contributed by atoms with E-state index in [2.05, 4.69) is 4.98 Å². The van der Waals surface area contributed by atoms with Gasteiger partial charge >= 0.3 is 0 Å². The minimum Gasteiger partial charge on any atom is -0.287 e. The van der Waals surface area contributed by atoms with Crippen LogP contribution in [0.3, 0.4) is 0 Å². The topological polar surface area (TPSA) is 74.1 Å². The Morgan fingerprint density at radius 3 is 2.63 bits per heavy atom. The maximum atomic E-state index is 14.1. The molecule has 0 aliphatic heterocycles. The van der Waals surface area contributed by atoms with E-state index >= 15 is 0 Å². The number of thiazole rings is 1. The zero-order valence-corrected chi connectivity index (χ0v) is 15.7. The van der Waals surface area contributed by atoms with E-state index < -0.39 is 11.7 Å². The van der Waals surface area contributed by atoms with Gasteiger partial charge in [-0.25, -0.2) is 9.37 Å². The van der Waals surface area contributed by atoms with Crippen LogP contribution in [0.5, 0.6) is 0 Å². The van der Waals surface area contributed by atoms with Gasteiger partial charge in [-0.15, -0.1) is 22.7 Å². The summed E-state index contributed by atoms with van der Waals surface area (Å²) in [6, 6.07) is 11.1. The first-order valence-electron chi connectivity index (χ1n) is 7.72. The fourth-order valence-corrected chi connectivity index (χ4v) is 3.84. The second-order valence-corrected chi connectivity index (χ2v) is 7.12. The van der Waals surface area contributed by atoms with E-state index in [9.17, 15) is 19.2 Å². The molecule has 3 rings (SSSR count). The Hall–Kier alpha value is -3.15. The molecule has 0 spiro atoms. The predicted molar refractivity (Wildman–Crippen MR) is 104 cm³/mol. The number of thiophene rings is 1. The van der Waals surface area contributed by atoms with Crippen molar-refractivity contribution in [2.75, 3.05) is 4.90 Å². The number of hydrogen-bond acceptors (Lipinski definition) is 6. The minimum atomic E-state index is -0.550. The highest BCUT2D eigenvalue weighted by molar-refractivity contribution is 7.14. The number of para-hydroxylation sites is 1. The average Bonchev–Trinajstić information content (AvgIpc) is 3.33. The molecule has 3 aromatic rings. The van der Waals surface area contributed by atoms with Crippen LogP contribution in [0.1, 0.15) is 22.3 Å². The molecule has 8 heteroatoms. The molecule has 2 heterocycles. The smallest absolute Gasteiger partial charge is 0.230 e. The van der Waals surface area contributed by atoms with Crippen LogP contribution >= 0.6 is 22.7 Å². The first kappa shape index (κ1) is 18.6. The summed E-state index contributed by atoms with van der Waals surface area (Å²) in [7, 11) is 0. The Morgan fingerprint density at radius 2 is 2.00 bits per heavy atom. The summed E-state index contributed by atoms with van der Waals surface area (Å²) in [5.41, 5.74) is 0.374. The van der Waals surface area contributed by atoms with Gasteiger partial charge in [0, 0.05) is 12.3 Å². The number of Topliss-reactive ketones (excluding diaryl/α,β-unsaturated/α-hetero) is 1. The zero-order valence-electron chi connectivity index (χ0n) is 14.0. The standard InChI is InChI=1S/C19H12FN3O2S2/c1-12(24)23(16-6-3-2-5-15(16)20)19-22-14(11-27-19)9-13(10-21)18(25)17-7-4-8-26-17/h2-9,11H,1H3/b13-9+. The molecule has 1 aromatic carbocycles. The number of anilines is 2. The molecule has 0 aliphatic rings. The van der Waals surface area contributed by atoms with Crippen LogP contribution in [0.25, 0.3) is 6.08 Å². The van der Waals surface area contributed by atoms with Gasteiger partial charge in [0.25, 0.3) is 0 Å². The molecule has 0 N–H and O–H groups in total. The number of halogens is 1. The van der Waals surface area contributed by atoms with E-state index in [4.69, 9.17) is 0 Å². The number of benzene rings is 1. The highest BCUT2D eigenvalue weighted by Gasteiger charge is 2.21. The lowest BCUT2D eigenvalue weighted by molar-refractivity contribution is -0.115. The summed E-state index contributed by atoms with van der Waals surface area (Å²) in [6.07, 6.45) is 1.36. The summed E-state index contributed by atoms with van der Waals surface area (Å²) < 4.78 is 14.1. The van der Waals surface area contributed by atoms with E-state index in [1.165, 1.54) is 42.5 Å². The van der Waals surface area contributed by atoms with Crippen molar-refractivity contribution < 1.29 is 14.0 Å². The third kappa shape index (κ3) is 4.00. The zero-order chi connectivity index (χ0) is 19.4. The third-order valence-corrected chi connectivity index (χ3v) is 5.22. The second-order valence-electron chi connectivity index (χ2n) is 5.34. The van der Waals surface area contributed by atoms with Gasteiger partial charge < -0.3 is 0 Å². The van der Waals surface area contributed by atoms with Gasteiger partial charge in [-0.05, 0) is 29.7 Å². The van der Waals surface area contributed by atoms with Gasteiger partial charge in [0.15, 0.2) is 5.13 Å². The normalized spacial score (nSPS) is 11.1. The molecule has 0 aliphatic carbocycles. The van der Waals surface area contributed by atoms with Crippen LogP contribution in [0.2, 0.25) is 0 Å². The van der Waals surface area contributed by atoms with E-state index in [0.29, 0.717) is 10.6 Å². The van der Waals surface area contributed by atoms with E-state index in [-0.39, 0.29) is 22.2 Å². The number of rotatable bonds is 5. The molecule has 2 aromatic heterocycles. The Labute approximate surface area is 162 Å². The Balaban J connectivity index is 1.95. The number of amides is 1. The van der Waals surface area contributed by atoms with Crippen molar-refractivity contribution in [3.63, 3.8) is 0 Å². The molecule has 0 fully saturated rings. The lowest BCUT2D eigenvalue weighted by Gasteiger charge is -2.18. The van der Waals surface area contributed by atoms with Crippen LogP contribution < -0.4 is 4.90 Å². The van der Waals surface area contributed by atoms with Crippen molar-refractivity contribution in [3.8, 4) is 6.07 Å². The maximum Gasteiger partial charge on any atom is 0.230 e. The number of nitriles is 1. The van der Waals surface area contributed by atoms with Crippen LogP contribution in [0.15, 0.2) is 52.7 Å². The summed E-state index contributed by atoms with van der Waals surface area (Å²) in [4.78, 5) is 30.3. The number of aromatic nitrogens is 1. The molecule has 0 atom stereocenters. The van der Waals surface area contributed by atoms with Crippen LogP contribution in [-0.4, -0.2) is 16.7 Å². The molecule has 0 bridgehead atoms. The molecule has 0 radical (unpaired) electrons. The molecule has 0 saturated carbocycles. The molecule has 5 nitrogen and oxygen atoms in total. The highest BCUT2D eigenvalue weighted by atomic mass is 32.1. The first-order valence-corrected chi connectivity index (χ1v) is 9.48. The monoisotopic (exact) mass is 397 g/mol. The van der Waals surface area contributed by atoms with Gasteiger partial charge in [-0.1, -0.05) is 18.2 Å². The number of carbonyl (C=O) groups is 2. The first-order chi connectivity index (χ1) is 13.0. The van der Waals surface area contributed by atoms with E-state index in [1.807, 2.05) is 6.07 Å². The number of hydrogen-bond donors (Lipinski definition) is 0. The highest BCUT2D eigenvalue weighted by Crippen LogP contribution is 2.31. The van der Waals surface area contributed by atoms with E-state index in [0.717, 1.165) is 16.2 Å². The molecule has 27 heavy (non-hydrogen) atoms. The summed E-state index contributed by atoms with van der Waals surface area (Å²) >= 11 is 2.36. The predicted octanol–water partition coefficient (Wildman–Crippen LogP) is 4.82. The lowest BCUT2D eigenvalue weighted by atomic mass is 10.1. The van der Waals surface area contributed by atoms with E-state index in [1.54, 1.807) is 29.0 Å². The number of nitrogens with zero attached hydrogens (tertiary/aromatic N) is 3. The lowest BCUT2D eigenvalue weighted by Crippen LogP contribution is -2.23. The van der Waals surface area contributed by atoms with Crippen LogP contribution in [0.4, 0.5) is 15.2 Å². The Kier molecular flexibility index (Phi) is 5.54. The van der Waals surface area contributed by atoms with Gasteiger partial charge in [-0.2, -0.15) is 5.26 Å². The summed E-state index contributed by atoms with van der Waals surface area (Å²) in [6.45, 7) is 1.31. The summed E-state index contributed by atoms with van der Waals surface area (Å²) in [5.74, 6) is -1.34. The van der Waals surface area contributed by atoms with Crippen molar-refractivity contribution in [1.82, 2.24) is 4.98 Å². The van der Waals surface area contributed by atoms with Gasteiger partial charge in [0.05, 0.1) is 16.3 Å². The molecule has 0 unspecified atom stereocenters. The summed E-state index contributed by atoms with van der Waals surface area (Å²) in [5, 5.41) is 12.9. The fraction of sp³-hybridized carbons (Fsp3) is 0.0526. The molecular formula is C19H12FN3O2S2. The fourth-order valence-electron chi connectivity index (χ4n) is 2.32. The number of allylic oxidation sites excluding steroid dienone is 1. The SMILES string of the molecule is CC(=O)N(c1nc(/C=C(\C#N)C(=O)c2cccs2)cs1)c1ccccc1F. The molecule has 1 amide bonds. The van der Waals surface area contributed by atoms with Crippen LogP contribution in [0, 0.1) is 17.1 Å². The van der Waals surface area contributed by atoms with Gasteiger partial charge in [0.1, 0.15) is 17.5 Å². The second kappa shape index (κ2) is 8.03. The van der Waals surface area contributed by atoms with Gasteiger partial charge in [0.2, 0.25) is 11.7 Å². The third-order valence-electron chi connectivity index (χ3n) is 3.51. The Morgan fingerprint density at radius 1 is 1.22 bits per heavy atom. The number of ketones is 1. The largest absolute Gasteiger partial charge is 0.287 e. The quantitative estimate of drug-likeness (QED) is 0.351. The van der Waals surface area contributed by atoms with Crippen LogP contribution in [-0.2, 0) is 4.79 Å². The molecular weight excluding hydrogens is 385 g/mol.